The Morgan fingerprint density at radius 3 is 2.33 bits per heavy atom. The summed E-state index contributed by atoms with van der Waals surface area (Å²) in [5.41, 5.74) is 4.74. The number of urea groups is 1. The van der Waals surface area contributed by atoms with Crippen LogP contribution in [-0.4, -0.2) is 47.9 Å². The lowest BCUT2D eigenvalue weighted by Gasteiger charge is -2.41. The minimum atomic E-state index is -0.385. The lowest BCUT2D eigenvalue weighted by Crippen LogP contribution is -2.61. The number of hydrogen-bond donors (Lipinski definition) is 1. The van der Waals surface area contributed by atoms with Gasteiger partial charge in [-0.3, -0.25) is 4.79 Å². The molecule has 1 saturated heterocycles. The van der Waals surface area contributed by atoms with Crippen LogP contribution in [0, 0.1) is 26.7 Å². The summed E-state index contributed by atoms with van der Waals surface area (Å²) < 4.78 is 0. The van der Waals surface area contributed by atoms with E-state index < -0.39 is 0 Å². The largest absolute Gasteiger partial charge is 0.342 e. The van der Waals surface area contributed by atoms with Crippen molar-refractivity contribution in [1.29, 1.82) is 0 Å². The first kappa shape index (κ1) is 18.3. The number of carbonyl (C=O) groups is 2. The van der Waals surface area contributed by atoms with E-state index >= 15 is 0 Å². The normalized spacial score (nSPS) is 18.3. The molecule has 24 heavy (non-hydrogen) atoms. The molecule has 1 N–H and O–H groups in total. The quantitative estimate of drug-likeness (QED) is 0.926. The monoisotopic (exact) mass is 331 g/mol. The summed E-state index contributed by atoms with van der Waals surface area (Å²) in [6, 6.07) is 3.72. The minimum Gasteiger partial charge on any atom is -0.342 e. The number of nitrogens with one attached hydrogen (secondary N) is 1. The Kier molecular flexibility index (Phi) is 5.52. The van der Waals surface area contributed by atoms with Gasteiger partial charge in [0.1, 0.15) is 6.04 Å². The third-order valence-corrected chi connectivity index (χ3v) is 4.79. The summed E-state index contributed by atoms with van der Waals surface area (Å²) in [4.78, 5) is 28.5. The molecule has 1 aliphatic rings. The van der Waals surface area contributed by atoms with Gasteiger partial charge in [0.2, 0.25) is 5.91 Å². The first-order valence-corrected chi connectivity index (χ1v) is 8.58. The zero-order valence-corrected chi connectivity index (χ0v) is 15.6. The van der Waals surface area contributed by atoms with Crippen LogP contribution in [0.1, 0.15) is 36.1 Å². The molecule has 0 aliphatic carbocycles. The molecule has 0 unspecified atom stereocenters. The van der Waals surface area contributed by atoms with E-state index in [1.807, 2.05) is 13.8 Å². The van der Waals surface area contributed by atoms with Crippen LogP contribution >= 0.6 is 0 Å². The number of amides is 3. The van der Waals surface area contributed by atoms with E-state index in [2.05, 4.69) is 38.2 Å². The van der Waals surface area contributed by atoms with Crippen LogP contribution in [0.5, 0.6) is 0 Å². The Labute approximate surface area is 145 Å². The highest BCUT2D eigenvalue weighted by atomic mass is 16.2. The Balaban J connectivity index is 2.10. The van der Waals surface area contributed by atoms with Gasteiger partial charge in [0.05, 0.1) is 0 Å². The van der Waals surface area contributed by atoms with Crippen LogP contribution in [0.25, 0.3) is 0 Å². The van der Waals surface area contributed by atoms with Gasteiger partial charge < -0.3 is 15.1 Å². The van der Waals surface area contributed by atoms with Crippen LogP contribution in [0.3, 0.4) is 0 Å². The predicted molar refractivity (Wildman–Crippen MR) is 95.9 cm³/mol. The molecule has 5 nitrogen and oxygen atoms in total. The first-order chi connectivity index (χ1) is 11.2. The van der Waals surface area contributed by atoms with Crippen molar-refractivity contribution in [2.75, 3.05) is 20.1 Å². The number of likely N-dealkylation sites (N-methyl/N-ethyl adjacent to an activating group) is 1. The molecule has 1 aromatic carbocycles. The second-order valence-electron chi connectivity index (χ2n) is 7.18. The topological polar surface area (TPSA) is 52.7 Å². The fourth-order valence-corrected chi connectivity index (χ4v) is 3.49. The van der Waals surface area contributed by atoms with Gasteiger partial charge in [-0.1, -0.05) is 31.5 Å². The van der Waals surface area contributed by atoms with Crippen molar-refractivity contribution in [1.82, 2.24) is 15.1 Å². The molecule has 2 rings (SSSR count). The van der Waals surface area contributed by atoms with E-state index in [1.54, 1.807) is 16.8 Å². The van der Waals surface area contributed by atoms with Crippen LogP contribution in [0.2, 0.25) is 0 Å². The number of hydrogen-bond acceptors (Lipinski definition) is 2. The predicted octanol–water partition coefficient (Wildman–Crippen LogP) is 2.62. The molecular weight excluding hydrogens is 302 g/mol. The smallest absolute Gasteiger partial charge is 0.318 e. The molecule has 132 valence electrons. The van der Waals surface area contributed by atoms with Crippen molar-refractivity contribution in [3.05, 3.63) is 34.4 Å². The molecule has 3 amide bonds. The van der Waals surface area contributed by atoms with Crippen LogP contribution in [0.15, 0.2) is 12.1 Å². The summed E-state index contributed by atoms with van der Waals surface area (Å²) in [7, 11) is 1.80. The number of piperazine rings is 1. The summed E-state index contributed by atoms with van der Waals surface area (Å²) in [6.07, 6.45) is 0. The van der Waals surface area contributed by atoms with Gasteiger partial charge in [-0.05, 0) is 43.4 Å². The van der Waals surface area contributed by atoms with E-state index in [4.69, 9.17) is 0 Å². The van der Waals surface area contributed by atoms with E-state index in [-0.39, 0.29) is 23.9 Å². The van der Waals surface area contributed by atoms with Gasteiger partial charge in [0.15, 0.2) is 0 Å². The van der Waals surface area contributed by atoms with E-state index in [0.29, 0.717) is 19.6 Å². The first-order valence-electron chi connectivity index (χ1n) is 8.58. The van der Waals surface area contributed by atoms with Crippen molar-refractivity contribution in [3.63, 3.8) is 0 Å². The number of carbonyl (C=O) groups excluding carboxylic acids is 2. The van der Waals surface area contributed by atoms with Crippen molar-refractivity contribution < 1.29 is 9.59 Å². The van der Waals surface area contributed by atoms with Gasteiger partial charge >= 0.3 is 6.03 Å². The van der Waals surface area contributed by atoms with Gasteiger partial charge in [0, 0.05) is 26.7 Å². The molecule has 1 fully saturated rings. The van der Waals surface area contributed by atoms with Gasteiger partial charge in [-0.15, -0.1) is 0 Å². The Morgan fingerprint density at radius 1 is 1.21 bits per heavy atom. The fraction of sp³-hybridized carbons (Fsp3) is 0.579. The van der Waals surface area contributed by atoms with Crippen LogP contribution in [-0.2, 0) is 11.3 Å². The lowest BCUT2D eigenvalue weighted by molar-refractivity contribution is -0.140. The molecule has 0 radical (unpaired) electrons. The minimum absolute atomic E-state index is 0.0223. The van der Waals surface area contributed by atoms with Crippen molar-refractivity contribution in [2.24, 2.45) is 5.92 Å². The molecule has 1 atom stereocenters. The molecule has 1 aromatic rings. The molecule has 0 spiro atoms. The maximum Gasteiger partial charge on any atom is 0.318 e. The van der Waals surface area contributed by atoms with Crippen molar-refractivity contribution in [2.45, 2.75) is 47.2 Å². The summed E-state index contributed by atoms with van der Waals surface area (Å²) in [6.45, 7) is 11.8. The third kappa shape index (κ3) is 3.71. The standard InChI is InChI=1S/C19H29N3O2/c1-12(2)17-18(23)21(6)7-8-22(17)19(24)20-11-16-14(4)9-13(3)10-15(16)5/h9-10,12,17H,7-8,11H2,1-6H3,(H,20,24)/t17-/m0/s1. The molecule has 5 heteroatoms. The lowest BCUT2D eigenvalue weighted by atomic mass is 9.99. The summed E-state index contributed by atoms with van der Waals surface area (Å²) in [5.74, 6) is 0.114. The van der Waals surface area contributed by atoms with Crippen LogP contribution < -0.4 is 5.32 Å². The van der Waals surface area contributed by atoms with E-state index in [0.717, 1.165) is 5.56 Å². The van der Waals surface area contributed by atoms with Crippen molar-refractivity contribution >= 4 is 11.9 Å². The molecule has 0 saturated carbocycles. The highest BCUT2D eigenvalue weighted by Gasteiger charge is 2.37. The van der Waals surface area contributed by atoms with E-state index in [9.17, 15) is 9.59 Å². The molecular formula is C19H29N3O2. The highest BCUT2D eigenvalue weighted by Crippen LogP contribution is 2.19. The zero-order valence-electron chi connectivity index (χ0n) is 15.6. The fourth-order valence-electron chi connectivity index (χ4n) is 3.49. The second-order valence-corrected chi connectivity index (χ2v) is 7.18. The van der Waals surface area contributed by atoms with Crippen molar-refractivity contribution in [3.8, 4) is 0 Å². The SMILES string of the molecule is Cc1cc(C)c(CNC(=O)N2CCN(C)C(=O)[C@@H]2C(C)C)c(C)c1. The average molecular weight is 331 g/mol. The molecule has 0 aromatic heterocycles. The van der Waals surface area contributed by atoms with Gasteiger partial charge in [-0.25, -0.2) is 4.79 Å². The molecule has 1 heterocycles. The number of nitrogens with zero attached hydrogens (tertiary/aromatic N) is 2. The number of rotatable bonds is 3. The van der Waals surface area contributed by atoms with Gasteiger partial charge in [0.25, 0.3) is 0 Å². The average Bonchev–Trinajstić information content (AvgIpc) is 2.48. The Bertz CT molecular complexity index is 616. The zero-order chi connectivity index (χ0) is 18.0. The third-order valence-electron chi connectivity index (χ3n) is 4.79. The molecule has 0 bridgehead atoms. The highest BCUT2D eigenvalue weighted by molar-refractivity contribution is 5.88. The molecule has 1 aliphatic heterocycles. The van der Waals surface area contributed by atoms with E-state index in [1.165, 1.54) is 16.7 Å². The summed E-state index contributed by atoms with van der Waals surface area (Å²) in [5, 5.41) is 3.01. The maximum atomic E-state index is 12.7. The number of benzene rings is 1. The van der Waals surface area contributed by atoms with Crippen LogP contribution in [0.4, 0.5) is 4.79 Å². The summed E-state index contributed by atoms with van der Waals surface area (Å²) >= 11 is 0. The second kappa shape index (κ2) is 7.24. The number of aryl methyl sites for hydroxylation is 3. The Morgan fingerprint density at radius 2 is 1.79 bits per heavy atom. The van der Waals surface area contributed by atoms with Gasteiger partial charge in [-0.2, -0.15) is 0 Å². The maximum absolute atomic E-state index is 12.7. The Hall–Kier alpha value is -2.04.